The van der Waals surface area contributed by atoms with Crippen LogP contribution in [-0.2, 0) is 0 Å². The summed E-state index contributed by atoms with van der Waals surface area (Å²) >= 11 is 5.60. The van der Waals surface area contributed by atoms with Gasteiger partial charge in [0.1, 0.15) is 10.9 Å². The van der Waals surface area contributed by atoms with Crippen molar-refractivity contribution in [2.75, 3.05) is 5.32 Å². The van der Waals surface area contributed by atoms with Crippen molar-refractivity contribution in [1.82, 2.24) is 4.98 Å². The van der Waals surface area contributed by atoms with Crippen LogP contribution < -0.4 is 5.32 Å². The summed E-state index contributed by atoms with van der Waals surface area (Å²) < 4.78 is 0. The predicted molar refractivity (Wildman–Crippen MR) is 72.0 cm³/mol. The molecule has 0 spiro atoms. The van der Waals surface area contributed by atoms with E-state index in [1.165, 1.54) is 30.5 Å². The Morgan fingerprint density at radius 3 is 2.65 bits per heavy atom. The van der Waals surface area contributed by atoms with Gasteiger partial charge in [-0.2, -0.15) is 0 Å². The molecule has 0 fully saturated rings. The van der Waals surface area contributed by atoms with Gasteiger partial charge < -0.3 is 10.4 Å². The minimum Gasteiger partial charge on any atom is -0.506 e. The zero-order valence-electron chi connectivity index (χ0n) is 9.91. The second kappa shape index (κ2) is 5.54. The van der Waals surface area contributed by atoms with Crippen LogP contribution in [0.1, 0.15) is 10.4 Å². The van der Waals surface area contributed by atoms with Crippen molar-refractivity contribution in [3.8, 4) is 5.75 Å². The lowest BCUT2D eigenvalue weighted by Crippen LogP contribution is -2.12. The van der Waals surface area contributed by atoms with Crippen LogP contribution in [0.15, 0.2) is 36.5 Å². The Morgan fingerprint density at radius 1 is 1.35 bits per heavy atom. The van der Waals surface area contributed by atoms with E-state index in [-0.39, 0.29) is 22.1 Å². The van der Waals surface area contributed by atoms with E-state index >= 15 is 0 Å². The van der Waals surface area contributed by atoms with Gasteiger partial charge in [-0.05, 0) is 18.2 Å². The first-order valence-corrected chi connectivity index (χ1v) is 5.75. The van der Waals surface area contributed by atoms with Crippen LogP contribution in [0.3, 0.4) is 0 Å². The Labute approximate surface area is 118 Å². The number of phenols is 1. The largest absolute Gasteiger partial charge is 0.506 e. The molecule has 0 aliphatic carbocycles. The number of carbonyl (C=O) groups excluding carboxylic acids is 1. The second-order valence-electron chi connectivity index (χ2n) is 3.78. The first kappa shape index (κ1) is 13.8. The first-order chi connectivity index (χ1) is 9.47. The summed E-state index contributed by atoms with van der Waals surface area (Å²) in [4.78, 5) is 25.5. The van der Waals surface area contributed by atoms with Gasteiger partial charge in [0, 0.05) is 12.3 Å². The molecule has 2 N–H and O–H groups in total. The Bertz CT molecular complexity index is 673. The molecule has 0 radical (unpaired) electrons. The third-order valence-electron chi connectivity index (χ3n) is 2.43. The van der Waals surface area contributed by atoms with E-state index in [0.29, 0.717) is 0 Å². The van der Waals surface area contributed by atoms with Gasteiger partial charge in [0.15, 0.2) is 0 Å². The molecular formula is C12H8ClN3O4. The molecule has 7 nitrogen and oxygen atoms in total. The average Bonchev–Trinajstić information content (AvgIpc) is 2.41. The molecule has 0 saturated carbocycles. The monoisotopic (exact) mass is 293 g/mol. The van der Waals surface area contributed by atoms with E-state index in [1.807, 2.05) is 0 Å². The van der Waals surface area contributed by atoms with Gasteiger partial charge in [-0.1, -0.05) is 11.6 Å². The fourth-order valence-electron chi connectivity index (χ4n) is 1.44. The molecule has 0 saturated heterocycles. The van der Waals surface area contributed by atoms with Crippen molar-refractivity contribution in [3.63, 3.8) is 0 Å². The molecule has 2 aromatic rings. The number of anilines is 1. The number of carbonyl (C=O) groups is 1. The van der Waals surface area contributed by atoms with Crippen LogP contribution in [0.5, 0.6) is 5.75 Å². The minimum absolute atomic E-state index is 0.0653. The maximum atomic E-state index is 11.9. The van der Waals surface area contributed by atoms with Crippen LogP contribution in [0.2, 0.25) is 5.15 Å². The lowest BCUT2D eigenvalue weighted by atomic mass is 10.2. The number of pyridine rings is 1. The molecule has 0 aliphatic heterocycles. The Kier molecular flexibility index (Phi) is 3.81. The molecule has 1 amide bonds. The van der Waals surface area contributed by atoms with E-state index in [0.717, 1.165) is 6.07 Å². The molecule has 102 valence electrons. The topological polar surface area (TPSA) is 105 Å². The van der Waals surface area contributed by atoms with Crippen molar-refractivity contribution in [2.24, 2.45) is 0 Å². The number of nitro benzene ring substituents is 1. The second-order valence-corrected chi connectivity index (χ2v) is 4.17. The molecule has 1 heterocycles. The van der Waals surface area contributed by atoms with Crippen molar-refractivity contribution in [3.05, 3.63) is 57.4 Å². The van der Waals surface area contributed by atoms with E-state index < -0.39 is 16.6 Å². The van der Waals surface area contributed by atoms with E-state index in [1.54, 1.807) is 0 Å². The SMILES string of the molecule is O=C(Nc1ccc([N+](=O)[O-])cc1O)c1ccc(Cl)nc1. The molecule has 0 unspecified atom stereocenters. The number of nitro groups is 1. The van der Waals surface area contributed by atoms with Crippen molar-refractivity contribution >= 4 is 28.9 Å². The normalized spacial score (nSPS) is 10.1. The number of aromatic hydroxyl groups is 1. The number of aromatic nitrogens is 1. The summed E-state index contributed by atoms with van der Waals surface area (Å²) in [6.45, 7) is 0. The molecule has 0 aliphatic rings. The summed E-state index contributed by atoms with van der Waals surface area (Å²) in [5.41, 5.74) is 0.0383. The Morgan fingerprint density at radius 2 is 2.10 bits per heavy atom. The quantitative estimate of drug-likeness (QED) is 0.391. The predicted octanol–water partition coefficient (Wildman–Crippen LogP) is 2.60. The number of nitrogens with one attached hydrogen (secondary N) is 1. The smallest absolute Gasteiger partial charge is 0.273 e. The number of hydrogen-bond donors (Lipinski definition) is 2. The van der Waals surface area contributed by atoms with Gasteiger partial charge in [0.25, 0.3) is 11.6 Å². The summed E-state index contributed by atoms with van der Waals surface area (Å²) in [5.74, 6) is -0.909. The zero-order valence-corrected chi connectivity index (χ0v) is 10.7. The molecular weight excluding hydrogens is 286 g/mol. The highest BCUT2D eigenvalue weighted by atomic mass is 35.5. The standard InChI is InChI=1S/C12H8ClN3O4/c13-11-4-1-7(6-14-11)12(18)15-9-3-2-8(16(19)20)5-10(9)17/h1-6,17H,(H,15,18). The van der Waals surface area contributed by atoms with Gasteiger partial charge in [0.05, 0.1) is 22.2 Å². The lowest BCUT2D eigenvalue weighted by Gasteiger charge is -2.06. The summed E-state index contributed by atoms with van der Waals surface area (Å²) in [5, 5.41) is 22.8. The summed E-state index contributed by atoms with van der Waals surface area (Å²) in [6, 6.07) is 6.29. The van der Waals surface area contributed by atoms with Gasteiger partial charge in [-0.15, -0.1) is 0 Å². The van der Waals surface area contributed by atoms with Gasteiger partial charge in [0.2, 0.25) is 0 Å². The first-order valence-electron chi connectivity index (χ1n) is 5.37. The Hall–Kier alpha value is -2.67. The van der Waals surface area contributed by atoms with Crippen LogP contribution in [-0.4, -0.2) is 20.9 Å². The number of phenolic OH excluding ortho intramolecular Hbond substituents is 1. The van der Waals surface area contributed by atoms with E-state index in [4.69, 9.17) is 11.6 Å². The van der Waals surface area contributed by atoms with Crippen LogP contribution in [0.4, 0.5) is 11.4 Å². The van der Waals surface area contributed by atoms with Crippen molar-refractivity contribution in [2.45, 2.75) is 0 Å². The number of halogens is 1. The van der Waals surface area contributed by atoms with Crippen LogP contribution in [0.25, 0.3) is 0 Å². The summed E-state index contributed by atoms with van der Waals surface area (Å²) in [7, 11) is 0. The van der Waals surface area contributed by atoms with Gasteiger partial charge in [-0.25, -0.2) is 4.98 Å². The van der Waals surface area contributed by atoms with E-state index in [9.17, 15) is 20.0 Å². The number of hydrogen-bond acceptors (Lipinski definition) is 5. The maximum absolute atomic E-state index is 11.9. The third-order valence-corrected chi connectivity index (χ3v) is 2.65. The van der Waals surface area contributed by atoms with Crippen molar-refractivity contribution < 1.29 is 14.8 Å². The van der Waals surface area contributed by atoms with Gasteiger partial charge in [-0.3, -0.25) is 14.9 Å². The molecule has 1 aromatic carbocycles. The number of amides is 1. The lowest BCUT2D eigenvalue weighted by molar-refractivity contribution is -0.384. The minimum atomic E-state index is -0.644. The zero-order chi connectivity index (χ0) is 14.7. The fraction of sp³-hybridized carbons (Fsp3) is 0. The van der Waals surface area contributed by atoms with Crippen molar-refractivity contribution in [1.29, 1.82) is 0 Å². The number of rotatable bonds is 3. The molecule has 1 aromatic heterocycles. The average molecular weight is 294 g/mol. The van der Waals surface area contributed by atoms with E-state index in [2.05, 4.69) is 10.3 Å². The van der Waals surface area contributed by atoms with Crippen LogP contribution in [0, 0.1) is 10.1 Å². The number of benzene rings is 1. The summed E-state index contributed by atoms with van der Waals surface area (Å²) in [6.07, 6.45) is 1.28. The molecule has 20 heavy (non-hydrogen) atoms. The number of non-ortho nitro benzene ring substituents is 1. The van der Waals surface area contributed by atoms with Gasteiger partial charge >= 0.3 is 0 Å². The molecule has 8 heteroatoms. The maximum Gasteiger partial charge on any atom is 0.273 e. The highest BCUT2D eigenvalue weighted by Gasteiger charge is 2.13. The molecule has 2 rings (SSSR count). The van der Waals surface area contributed by atoms with Crippen LogP contribution >= 0.6 is 11.6 Å². The fourth-order valence-corrected chi connectivity index (χ4v) is 1.56. The highest BCUT2D eigenvalue weighted by molar-refractivity contribution is 6.29. The molecule has 0 bridgehead atoms. The molecule has 0 atom stereocenters. The highest BCUT2D eigenvalue weighted by Crippen LogP contribution is 2.28. The Balaban J connectivity index is 2.19. The number of nitrogens with zero attached hydrogens (tertiary/aromatic N) is 2. The third kappa shape index (κ3) is 3.01.